The Balaban J connectivity index is 2.42. The molecule has 0 amide bonds. The second-order valence-electron chi connectivity index (χ2n) is 3.52. The lowest BCUT2D eigenvalue weighted by Crippen LogP contribution is -2.21. The van der Waals surface area contributed by atoms with Crippen molar-refractivity contribution in [2.75, 3.05) is 6.54 Å². The molecule has 0 spiro atoms. The molecule has 0 aliphatic heterocycles. The van der Waals surface area contributed by atoms with E-state index in [1.165, 1.54) is 5.57 Å². The molecule has 1 unspecified atom stereocenters. The summed E-state index contributed by atoms with van der Waals surface area (Å²) < 4.78 is 5.41. The molecule has 14 heavy (non-hydrogen) atoms. The summed E-state index contributed by atoms with van der Waals surface area (Å²) in [5.74, 6) is 1.59. The summed E-state index contributed by atoms with van der Waals surface area (Å²) in [5, 5.41) is 3.31. The second-order valence-corrected chi connectivity index (χ2v) is 3.52. The first kappa shape index (κ1) is 11.0. The van der Waals surface area contributed by atoms with Crippen LogP contribution < -0.4 is 5.32 Å². The first-order chi connectivity index (χ1) is 6.63. The van der Waals surface area contributed by atoms with E-state index in [0.29, 0.717) is 0 Å². The number of rotatable bonds is 5. The van der Waals surface area contributed by atoms with Gasteiger partial charge in [0, 0.05) is 6.54 Å². The SMILES string of the molecule is C=C(CC)CNC(C)c1ncc(C)o1. The van der Waals surface area contributed by atoms with E-state index in [0.717, 1.165) is 24.6 Å². The lowest BCUT2D eigenvalue weighted by molar-refractivity contribution is 0.409. The van der Waals surface area contributed by atoms with Gasteiger partial charge in [-0.05, 0) is 20.3 Å². The summed E-state index contributed by atoms with van der Waals surface area (Å²) >= 11 is 0. The Labute approximate surface area is 85.2 Å². The molecule has 1 heterocycles. The average molecular weight is 194 g/mol. The van der Waals surface area contributed by atoms with Crippen LogP contribution >= 0.6 is 0 Å². The van der Waals surface area contributed by atoms with Gasteiger partial charge in [-0.3, -0.25) is 0 Å². The number of hydrogen-bond donors (Lipinski definition) is 1. The average Bonchev–Trinajstić information content (AvgIpc) is 2.60. The fourth-order valence-corrected chi connectivity index (χ4v) is 1.08. The molecule has 1 atom stereocenters. The van der Waals surface area contributed by atoms with Crippen molar-refractivity contribution in [1.82, 2.24) is 10.3 Å². The topological polar surface area (TPSA) is 38.1 Å². The molecule has 1 N–H and O–H groups in total. The van der Waals surface area contributed by atoms with Gasteiger partial charge in [0.15, 0.2) is 0 Å². The van der Waals surface area contributed by atoms with Gasteiger partial charge in [0.25, 0.3) is 0 Å². The monoisotopic (exact) mass is 194 g/mol. The molecule has 0 aliphatic rings. The maximum Gasteiger partial charge on any atom is 0.211 e. The Morgan fingerprint density at radius 1 is 1.71 bits per heavy atom. The van der Waals surface area contributed by atoms with Crippen LogP contribution in [0.25, 0.3) is 0 Å². The van der Waals surface area contributed by atoms with Gasteiger partial charge in [-0.25, -0.2) is 4.98 Å². The Morgan fingerprint density at radius 2 is 2.43 bits per heavy atom. The van der Waals surface area contributed by atoms with Gasteiger partial charge in [-0.2, -0.15) is 0 Å². The van der Waals surface area contributed by atoms with E-state index in [2.05, 4.69) is 23.8 Å². The highest BCUT2D eigenvalue weighted by Crippen LogP contribution is 2.12. The summed E-state index contributed by atoms with van der Waals surface area (Å²) in [5.41, 5.74) is 1.19. The Morgan fingerprint density at radius 3 is 2.93 bits per heavy atom. The summed E-state index contributed by atoms with van der Waals surface area (Å²) in [7, 11) is 0. The quantitative estimate of drug-likeness (QED) is 0.732. The number of nitrogens with zero attached hydrogens (tertiary/aromatic N) is 1. The van der Waals surface area contributed by atoms with Gasteiger partial charge >= 0.3 is 0 Å². The molecule has 0 saturated heterocycles. The molecule has 1 aromatic heterocycles. The highest BCUT2D eigenvalue weighted by atomic mass is 16.4. The van der Waals surface area contributed by atoms with Crippen LogP contribution in [0.2, 0.25) is 0 Å². The molecule has 0 radical (unpaired) electrons. The first-order valence-electron chi connectivity index (χ1n) is 4.95. The highest BCUT2D eigenvalue weighted by molar-refractivity contribution is 4.99. The van der Waals surface area contributed by atoms with E-state index in [1.54, 1.807) is 6.20 Å². The first-order valence-corrected chi connectivity index (χ1v) is 4.95. The van der Waals surface area contributed by atoms with Crippen LogP contribution in [0.1, 0.15) is 38.0 Å². The Kier molecular flexibility index (Phi) is 3.89. The van der Waals surface area contributed by atoms with Crippen LogP contribution in [0.15, 0.2) is 22.8 Å². The van der Waals surface area contributed by atoms with E-state index in [1.807, 2.05) is 13.8 Å². The van der Waals surface area contributed by atoms with Gasteiger partial charge < -0.3 is 9.73 Å². The van der Waals surface area contributed by atoms with Crippen molar-refractivity contribution < 1.29 is 4.42 Å². The molecule has 3 nitrogen and oxygen atoms in total. The maximum atomic E-state index is 5.41. The third-order valence-electron chi connectivity index (χ3n) is 2.17. The third kappa shape index (κ3) is 3.00. The van der Waals surface area contributed by atoms with Gasteiger partial charge in [-0.1, -0.05) is 19.1 Å². The molecular formula is C11H18N2O. The van der Waals surface area contributed by atoms with E-state index in [9.17, 15) is 0 Å². The minimum Gasteiger partial charge on any atom is -0.444 e. The molecule has 0 fully saturated rings. The lowest BCUT2D eigenvalue weighted by atomic mass is 10.2. The predicted molar refractivity (Wildman–Crippen MR) is 57.1 cm³/mol. The lowest BCUT2D eigenvalue weighted by Gasteiger charge is -2.10. The summed E-state index contributed by atoms with van der Waals surface area (Å²) in [6.07, 6.45) is 2.74. The molecule has 0 bridgehead atoms. The van der Waals surface area contributed by atoms with Crippen molar-refractivity contribution in [2.45, 2.75) is 33.2 Å². The fraction of sp³-hybridized carbons (Fsp3) is 0.545. The predicted octanol–water partition coefficient (Wildman–Crippen LogP) is 2.60. The van der Waals surface area contributed by atoms with Gasteiger partial charge in [-0.15, -0.1) is 0 Å². The van der Waals surface area contributed by atoms with Crippen molar-refractivity contribution in [2.24, 2.45) is 0 Å². The molecule has 3 heteroatoms. The molecule has 1 aromatic rings. The molecule has 1 rings (SSSR count). The smallest absolute Gasteiger partial charge is 0.211 e. The number of nitrogens with one attached hydrogen (secondary N) is 1. The van der Waals surface area contributed by atoms with Crippen LogP contribution in [-0.4, -0.2) is 11.5 Å². The van der Waals surface area contributed by atoms with E-state index in [-0.39, 0.29) is 6.04 Å². The largest absolute Gasteiger partial charge is 0.444 e. The summed E-state index contributed by atoms with van der Waals surface area (Å²) in [6, 6.07) is 0.145. The zero-order valence-electron chi connectivity index (χ0n) is 9.13. The second kappa shape index (κ2) is 4.96. The van der Waals surface area contributed by atoms with Crippen molar-refractivity contribution >= 4 is 0 Å². The van der Waals surface area contributed by atoms with E-state index in [4.69, 9.17) is 4.42 Å². The molecule has 0 saturated carbocycles. The number of oxazole rings is 1. The minimum atomic E-state index is 0.145. The highest BCUT2D eigenvalue weighted by Gasteiger charge is 2.09. The number of hydrogen-bond acceptors (Lipinski definition) is 3. The number of aryl methyl sites for hydroxylation is 1. The van der Waals surface area contributed by atoms with Crippen molar-refractivity contribution in [1.29, 1.82) is 0 Å². The van der Waals surface area contributed by atoms with Crippen LogP contribution in [-0.2, 0) is 0 Å². The fourth-order valence-electron chi connectivity index (χ4n) is 1.08. The normalized spacial score (nSPS) is 12.8. The molecule has 78 valence electrons. The molecule has 0 aromatic carbocycles. The van der Waals surface area contributed by atoms with Crippen molar-refractivity contribution in [3.05, 3.63) is 30.0 Å². The van der Waals surface area contributed by atoms with Crippen LogP contribution in [0.5, 0.6) is 0 Å². The zero-order chi connectivity index (χ0) is 10.6. The third-order valence-corrected chi connectivity index (χ3v) is 2.17. The van der Waals surface area contributed by atoms with Crippen molar-refractivity contribution in [3.63, 3.8) is 0 Å². The van der Waals surface area contributed by atoms with Gasteiger partial charge in [0.2, 0.25) is 5.89 Å². The minimum absolute atomic E-state index is 0.145. The van der Waals surface area contributed by atoms with E-state index >= 15 is 0 Å². The summed E-state index contributed by atoms with van der Waals surface area (Å²) in [4.78, 5) is 4.16. The van der Waals surface area contributed by atoms with Crippen LogP contribution in [0.3, 0.4) is 0 Å². The Bertz CT molecular complexity index is 304. The molecule has 0 aliphatic carbocycles. The zero-order valence-corrected chi connectivity index (χ0v) is 9.13. The van der Waals surface area contributed by atoms with Gasteiger partial charge in [0.1, 0.15) is 5.76 Å². The van der Waals surface area contributed by atoms with Crippen molar-refractivity contribution in [3.8, 4) is 0 Å². The van der Waals surface area contributed by atoms with Gasteiger partial charge in [0.05, 0.1) is 12.2 Å². The number of aromatic nitrogens is 1. The standard InChI is InChI=1S/C11H18N2O/c1-5-8(2)6-12-10(4)11-13-7-9(3)14-11/h7,10,12H,2,5-6H2,1,3-4H3. The van der Waals surface area contributed by atoms with Crippen LogP contribution in [0.4, 0.5) is 0 Å². The van der Waals surface area contributed by atoms with Crippen LogP contribution in [0, 0.1) is 6.92 Å². The maximum absolute atomic E-state index is 5.41. The molecular weight excluding hydrogens is 176 g/mol. The summed E-state index contributed by atoms with van der Waals surface area (Å²) in [6.45, 7) is 10.8. The Hall–Kier alpha value is -1.09. The van der Waals surface area contributed by atoms with E-state index < -0.39 is 0 Å².